The zero-order chi connectivity index (χ0) is 17.7. The number of aryl methyl sites for hydroxylation is 2. The molecule has 5 heteroatoms. The highest BCUT2D eigenvalue weighted by Gasteiger charge is 2.47. The van der Waals surface area contributed by atoms with Crippen molar-refractivity contribution in [3.63, 3.8) is 0 Å². The molecule has 3 heterocycles. The maximum Gasteiger partial charge on any atom is 0.223 e. The van der Waals surface area contributed by atoms with E-state index in [-0.39, 0.29) is 18.4 Å². The first kappa shape index (κ1) is 15.2. The van der Waals surface area contributed by atoms with Gasteiger partial charge in [-0.15, -0.1) is 0 Å². The molecule has 0 saturated heterocycles. The maximum atomic E-state index is 5.85. The van der Waals surface area contributed by atoms with E-state index in [1.54, 1.807) is 0 Å². The lowest BCUT2D eigenvalue weighted by molar-refractivity contribution is -0.0795. The third-order valence-electron chi connectivity index (χ3n) is 5.06. The fraction of sp³-hybridized carbons (Fsp3) is 0.238. The molecule has 1 unspecified atom stereocenters. The number of benzene rings is 2. The first-order chi connectivity index (χ1) is 12.7. The monoisotopic (exact) mass is 345 g/mol. The Morgan fingerprint density at radius 1 is 0.769 bits per heavy atom. The molecule has 5 rings (SSSR count). The summed E-state index contributed by atoms with van der Waals surface area (Å²) in [4.78, 5) is 13.5. The number of hydrogen-bond acceptors (Lipinski definition) is 5. The molecule has 0 radical (unpaired) electrons. The van der Waals surface area contributed by atoms with Gasteiger partial charge in [0.25, 0.3) is 0 Å². The van der Waals surface area contributed by atoms with Gasteiger partial charge in [-0.2, -0.15) is 0 Å². The lowest BCUT2D eigenvalue weighted by Gasteiger charge is -2.33. The third kappa shape index (κ3) is 2.31. The minimum Gasteiger partial charge on any atom is -0.369 e. The quantitative estimate of drug-likeness (QED) is 0.782. The van der Waals surface area contributed by atoms with Gasteiger partial charge in [-0.1, -0.05) is 76.0 Å². The van der Waals surface area contributed by atoms with Gasteiger partial charge in [0.2, 0.25) is 12.5 Å². The predicted octanol–water partition coefficient (Wildman–Crippen LogP) is 3.57. The van der Waals surface area contributed by atoms with E-state index < -0.39 is 0 Å². The van der Waals surface area contributed by atoms with E-state index in [1.165, 1.54) is 11.1 Å². The smallest absolute Gasteiger partial charge is 0.223 e. The summed E-state index contributed by atoms with van der Waals surface area (Å²) in [7, 11) is 0. The summed E-state index contributed by atoms with van der Waals surface area (Å²) < 4.78 is 0. The van der Waals surface area contributed by atoms with Crippen LogP contribution in [0.2, 0.25) is 0 Å². The Hall–Kier alpha value is -3.08. The summed E-state index contributed by atoms with van der Waals surface area (Å²) in [5, 5.41) is 8.71. The molecule has 5 nitrogen and oxygen atoms in total. The number of fused-ring (bicyclic) bond motifs is 3. The predicted molar refractivity (Wildman–Crippen MR) is 99.6 cm³/mol. The lowest BCUT2D eigenvalue weighted by Crippen LogP contribution is -2.49. The molecule has 0 saturated carbocycles. The highest BCUT2D eigenvalue weighted by Crippen LogP contribution is 2.36. The Morgan fingerprint density at radius 3 is 2.12 bits per heavy atom. The third-order valence-corrected chi connectivity index (χ3v) is 5.06. The SMILES string of the molecule is Cc1ccc(C2=NO[C@H]3[C@H]2C=CC2ON=C(c4ccc(C)cc4)N23)cc1. The van der Waals surface area contributed by atoms with Crippen LogP contribution < -0.4 is 0 Å². The van der Waals surface area contributed by atoms with Crippen molar-refractivity contribution in [1.29, 1.82) is 0 Å². The molecule has 0 fully saturated rings. The molecular weight excluding hydrogens is 326 g/mol. The first-order valence-electron chi connectivity index (χ1n) is 8.79. The Bertz CT molecular complexity index is 929. The molecule has 0 aromatic heterocycles. The molecule has 0 bridgehead atoms. The normalized spacial score (nSPS) is 25.8. The molecule has 0 aliphatic carbocycles. The number of nitrogens with zero attached hydrogens (tertiary/aromatic N) is 3. The summed E-state index contributed by atoms with van der Waals surface area (Å²) in [6, 6.07) is 16.6. The van der Waals surface area contributed by atoms with Crippen molar-refractivity contribution in [1.82, 2.24) is 4.90 Å². The molecule has 3 aliphatic heterocycles. The molecule has 130 valence electrons. The topological polar surface area (TPSA) is 46.4 Å². The van der Waals surface area contributed by atoms with Gasteiger partial charge in [-0.05, 0) is 19.9 Å². The summed E-state index contributed by atoms with van der Waals surface area (Å²) in [5.74, 6) is 0.834. The van der Waals surface area contributed by atoms with Gasteiger partial charge in [0.05, 0.1) is 11.6 Å². The van der Waals surface area contributed by atoms with Gasteiger partial charge in [-0.3, -0.25) is 4.90 Å². The fourth-order valence-corrected chi connectivity index (χ4v) is 3.59. The molecule has 26 heavy (non-hydrogen) atoms. The number of rotatable bonds is 2. The van der Waals surface area contributed by atoms with Gasteiger partial charge in [0.15, 0.2) is 5.84 Å². The fourth-order valence-electron chi connectivity index (χ4n) is 3.59. The zero-order valence-electron chi connectivity index (χ0n) is 14.7. The maximum absolute atomic E-state index is 5.85. The number of amidine groups is 1. The Labute approximate surface area is 152 Å². The van der Waals surface area contributed by atoms with Gasteiger partial charge in [0, 0.05) is 11.1 Å². The van der Waals surface area contributed by atoms with Crippen molar-refractivity contribution in [2.24, 2.45) is 16.2 Å². The van der Waals surface area contributed by atoms with Crippen LogP contribution in [0.4, 0.5) is 0 Å². The van der Waals surface area contributed by atoms with Crippen molar-refractivity contribution >= 4 is 11.5 Å². The number of hydrogen-bond donors (Lipinski definition) is 0. The average Bonchev–Trinajstić information content (AvgIpc) is 3.27. The van der Waals surface area contributed by atoms with Gasteiger partial charge < -0.3 is 9.68 Å². The van der Waals surface area contributed by atoms with Crippen molar-refractivity contribution in [3.8, 4) is 0 Å². The average molecular weight is 345 g/mol. The van der Waals surface area contributed by atoms with Crippen LogP contribution >= 0.6 is 0 Å². The van der Waals surface area contributed by atoms with Crippen LogP contribution in [0.3, 0.4) is 0 Å². The molecule has 3 atom stereocenters. The van der Waals surface area contributed by atoms with E-state index in [9.17, 15) is 0 Å². The Kier molecular flexibility index (Phi) is 3.35. The molecule has 2 aromatic carbocycles. The van der Waals surface area contributed by atoms with Crippen molar-refractivity contribution < 1.29 is 9.68 Å². The van der Waals surface area contributed by atoms with Crippen LogP contribution in [0.25, 0.3) is 0 Å². The van der Waals surface area contributed by atoms with Gasteiger partial charge in [-0.25, -0.2) is 0 Å². The van der Waals surface area contributed by atoms with Gasteiger partial charge >= 0.3 is 0 Å². The second-order valence-electron chi connectivity index (χ2n) is 6.93. The summed E-state index contributed by atoms with van der Waals surface area (Å²) in [5.41, 5.74) is 5.48. The van der Waals surface area contributed by atoms with E-state index in [4.69, 9.17) is 9.68 Å². The van der Waals surface area contributed by atoms with Crippen LogP contribution in [0.5, 0.6) is 0 Å². The van der Waals surface area contributed by atoms with Crippen molar-refractivity contribution in [2.45, 2.75) is 26.3 Å². The largest absolute Gasteiger partial charge is 0.369 e. The molecule has 2 aromatic rings. The molecule has 0 N–H and O–H groups in total. The summed E-state index contributed by atoms with van der Waals surface area (Å²) in [6.45, 7) is 4.15. The van der Waals surface area contributed by atoms with Crippen LogP contribution in [0.15, 0.2) is 71.0 Å². The second kappa shape index (κ2) is 5.73. The highest BCUT2D eigenvalue weighted by molar-refractivity contribution is 6.05. The molecule has 3 aliphatic rings. The Morgan fingerprint density at radius 2 is 1.42 bits per heavy atom. The van der Waals surface area contributed by atoms with Crippen molar-refractivity contribution in [2.75, 3.05) is 0 Å². The van der Waals surface area contributed by atoms with E-state index in [0.29, 0.717) is 0 Å². The van der Waals surface area contributed by atoms with E-state index in [2.05, 4.69) is 83.7 Å². The van der Waals surface area contributed by atoms with E-state index in [0.717, 1.165) is 22.7 Å². The molecular formula is C21H19N3O2. The van der Waals surface area contributed by atoms with Gasteiger partial charge in [0.1, 0.15) is 0 Å². The highest BCUT2D eigenvalue weighted by atomic mass is 16.7. The Balaban J connectivity index is 1.47. The first-order valence-corrected chi connectivity index (χ1v) is 8.79. The standard InChI is InChI=1S/C21H19N3O2/c1-13-3-7-15(8-4-13)19-17-11-12-18-24(21(17)26-22-19)20(23-25-18)16-9-5-14(2)6-10-16/h3-12,17-18,21H,1-2H3/t17-,18?,21-/m0/s1. The van der Waals surface area contributed by atoms with E-state index in [1.807, 2.05) is 6.08 Å². The molecule has 0 amide bonds. The number of oxime groups is 2. The minimum absolute atomic E-state index is 0.0475. The van der Waals surface area contributed by atoms with Crippen LogP contribution in [0, 0.1) is 19.8 Å². The minimum atomic E-state index is -0.250. The summed E-state index contributed by atoms with van der Waals surface area (Å²) >= 11 is 0. The van der Waals surface area contributed by atoms with Crippen LogP contribution in [0.1, 0.15) is 22.3 Å². The lowest BCUT2D eigenvalue weighted by atomic mass is 9.91. The zero-order valence-corrected chi connectivity index (χ0v) is 14.7. The van der Waals surface area contributed by atoms with E-state index >= 15 is 0 Å². The van der Waals surface area contributed by atoms with Crippen molar-refractivity contribution in [3.05, 3.63) is 82.9 Å². The molecule has 0 spiro atoms. The van der Waals surface area contributed by atoms with Crippen LogP contribution in [-0.2, 0) is 9.68 Å². The van der Waals surface area contributed by atoms with Crippen LogP contribution in [-0.4, -0.2) is 28.9 Å². The summed E-state index contributed by atoms with van der Waals surface area (Å²) in [6.07, 6.45) is 3.65. The second-order valence-corrected chi connectivity index (χ2v) is 6.93.